The Morgan fingerprint density at radius 2 is 1.68 bits per heavy atom. The summed E-state index contributed by atoms with van der Waals surface area (Å²) in [5.41, 5.74) is -3.89. The molecule has 0 spiro atoms. The van der Waals surface area contributed by atoms with Crippen LogP contribution in [0.25, 0.3) is 0 Å². The van der Waals surface area contributed by atoms with Gasteiger partial charge in [-0.25, -0.2) is 0 Å². The van der Waals surface area contributed by atoms with Gasteiger partial charge in [-0.15, -0.1) is 0 Å². The summed E-state index contributed by atoms with van der Waals surface area (Å²) in [6, 6.07) is 0.615. The van der Waals surface area contributed by atoms with E-state index in [4.69, 9.17) is 4.74 Å². The average Bonchev–Trinajstić information content (AvgIpc) is 2.70. The molecule has 1 saturated heterocycles. The third kappa shape index (κ3) is 6.49. The largest absolute Gasteiger partial charge is 0.416 e. The van der Waals surface area contributed by atoms with Crippen LogP contribution < -0.4 is 10.2 Å². The summed E-state index contributed by atoms with van der Waals surface area (Å²) in [4.78, 5) is 35.7. The van der Waals surface area contributed by atoms with Gasteiger partial charge in [0.1, 0.15) is 0 Å². The van der Waals surface area contributed by atoms with Gasteiger partial charge in [-0.3, -0.25) is 29.9 Å². The highest BCUT2D eigenvalue weighted by molar-refractivity contribution is 5.78. The summed E-state index contributed by atoms with van der Waals surface area (Å²) < 4.78 is 44.0. The molecule has 0 atom stereocenters. The van der Waals surface area contributed by atoms with Crippen molar-refractivity contribution in [3.8, 4) is 0 Å². The third-order valence-electron chi connectivity index (χ3n) is 4.69. The van der Waals surface area contributed by atoms with E-state index in [2.05, 4.69) is 5.32 Å². The molecular weight excluding hydrogens is 427 g/mol. The van der Waals surface area contributed by atoms with Gasteiger partial charge in [0.15, 0.2) is 5.69 Å². The Morgan fingerprint density at radius 3 is 2.13 bits per heavy atom. The number of nitrogens with zero attached hydrogens (tertiary/aromatic N) is 4. The predicted octanol–water partition coefficient (Wildman–Crippen LogP) is 1.80. The Balaban J connectivity index is 2.14. The van der Waals surface area contributed by atoms with Crippen molar-refractivity contribution in [2.24, 2.45) is 0 Å². The fourth-order valence-electron chi connectivity index (χ4n) is 3.20. The maximum Gasteiger partial charge on any atom is 0.416 e. The van der Waals surface area contributed by atoms with E-state index in [0.29, 0.717) is 31.7 Å². The van der Waals surface area contributed by atoms with E-state index in [1.165, 1.54) is 4.90 Å². The molecule has 1 aliphatic rings. The van der Waals surface area contributed by atoms with Crippen LogP contribution in [0.2, 0.25) is 0 Å². The highest BCUT2D eigenvalue weighted by atomic mass is 19.4. The minimum atomic E-state index is -4.97. The van der Waals surface area contributed by atoms with E-state index in [0.717, 1.165) is 0 Å². The number of nitro groups is 2. The molecule has 31 heavy (non-hydrogen) atoms. The lowest BCUT2D eigenvalue weighted by Crippen LogP contribution is -2.49. The van der Waals surface area contributed by atoms with Crippen LogP contribution in [0.4, 0.5) is 30.2 Å². The summed E-state index contributed by atoms with van der Waals surface area (Å²) in [5.74, 6) is -0.226. The van der Waals surface area contributed by atoms with E-state index in [-0.39, 0.29) is 38.6 Å². The van der Waals surface area contributed by atoms with Crippen LogP contribution in [0.3, 0.4) is 0 Å². The lowest BCUT2D eigenvalue weighted by Gasteiger charge is -2.35. The van der Waals surface area contributed by atoms with Crippen LogP contribution in [0, 0.1) is 20.2 Å². The third-order valence-corrected chi connectivity index (χ3v) is 4.69. The fourth-order valence-corrected chi connectivity index (χ4v) is 3.20. The second-order valence-corrected chi connectivity index (χ2v) is 6.83. The Hall–Kier alpha value is -3.00. The molecule has 0 aromatic heterocycles. The van der Waals surface area contributed by atoms with Crippen molar-refractivity contribution in [1.29, 1.82) is 0 Å². The normalized spacial score (nSPS) is 15.0. The van der Waals surface area contributed by atoms with Gasteiger partial charge in [0.2, 0.25) is 5.91 Å². The van der Waals surface area contributed by atoms with E-state index < -0.39 is 38.6 Å². The van der Waals surface area contributed by atoms with Crippen LogP contribution >= 0.6 is 0 Å². The molecule has 2 rings (SSSR count). The molecule has 1 aromatic rings. The van der Waals surface area contributed by atoms with Crippen molar-refractivity contribution in [1.82, 2.24) is 10.2 Å². The second-order valence-electron chi connectivity index (χ2n) is 6.83. The zero-order valence-electron chi connectivity index (χ0n) is 16.7. The maximum atomic E-state index is 13.0. The predicted molar refractivity (Wildman–Crippen MR) is 103 cm³/mol. The van der Waals surface area contributed by atoms with Gasteiger partial charge in [-0.1, -0.05) is 0 Å². The van der Waals surface area contributed by atoms with Crippen molar-refractivity contribution in [2.45, 2.75) is 12.6 Å². The topological polar surface area (TPSA) is 131 Å². The van der Waals surface area contributed by atoms with Crippen LogP contribution in [0.5, 0.6) is 0 Å². The number of hydrogen-bond donors (Lipinski definition) is 1. The number of carbonyl (C=O) groups excluding carboxylic acids is 1. The number of carbonyl (C=O) groups is 1. The van der Waals surface area contributed by atoms with Gasteiger partial charge < -0.3 is 15.0 Å². The Bertz CT molecular complexity index is 792. The molecule has 1 N–H and O–H groups in total. The first-order chi connectivity index (χ1) is 14.5. The highest BCUT2D eigenvalue weighted by Crippen LogP contribution is 2.43. The molecule has 11 nitrogen and oxygen atoms in total. The first kappa shape index (κ1) is 24.3. The lowest BCUT2D eigenvalue weighted by atomic mass is 10.1. The van der Waals surface area contributed by atoms with Crippen molar-refractivity contribution < 1.29 is 32.5 Å². The smallest absolute Gasteiger partial charge is 0.385 e. The van der Waals surface area contributed by atoms with Crippen LogP contribution in [0.1, 0.15) is 12.0 Å². The number of hydrogen-bond acceptors (Lipinski definition) is 8. The quantitative estimate of drug-likeness (QED) is 0.343. The fraction of sp³-hybridized carbons (Fsp3) is 0.588. The standard InChI is InChI=1S/C17H22F3N5O6/c1-31-8-2-3-21-15(26)11-22-4-6-23(7-5-22)16-13(24(27)28)9-12(17(18,19)20)10-14(16)25(29)30/h9-10H,2-8,11H2,1H3,(H,21,26). The zero-order valence-corrected chi connectivity index (χ0v) is 16.7. The number of anilines is 1. The van der Waals surface area contributed by atoms with E-state index in [9.17, 15) is 38.2 Å². The average molecular weight is 449 g/mol. The Labute approximate surface area is 175 Å². The van der Waals surface area contributed by atoms with Crippen molar-refractivity contribution in [3.05, 3.63) is 37.9 Å². The van der Waals surface area contributed by atoms with E-state index in [1.807, 2.05) is 0 Å². The first-order valence-electron chi connectivity index (χ1n) is 9.31. The molecule has 1 aliphatic heterocycles. The van der Waals surface area contributed by atoms with E-state index >= 15 is 0 Å². The second kappa shape index (κ2) is 10.3. The number of amides is 1. The molecule has 172 valence electrons. The Kier molecular flexibility index (Phi) is 8.10. The number of benzene rings is 1. The number of alkyl halides is 3. The molecular formula is C17H22F3N5O6. The van der Waals surface area contributed by atoms with E-state index in [1.54, 1.807) is 12.0 Å². The Morgan fingerprint density at radius 1 is 1.13 bits per heavy atom. The summed E-state index contributed by atoms with van der Waals surface area (Å²) in [6.45, 7) is 1.66. The number of methoxy groups -OCH3 is 1. The zero-order chi connectivity index (χ0) is 23.2. The molecule has 0 unspecified atom stereocenters. The van der Waals surface area contributed by atoms with Crippen molar-refractivity contribution in [3.63, 3.8) is 0 Å². The molecule has 1 heterocycles. The first-order valence-corrected chi connectivity index (χ1v) is 9.31. The maximum absolute atomic E-state index is 13.0. The number of halogens is 3. The molecule has 1 fully saturated rings. The molecule has 1 amide bonds. The van der Waals surface area contributed by atoms with Crippen molar-refractivity contribution in [2.75, 3.05) is 57.9 Å². The number of ether oxygens (including phenoxy) is 1. The SMILES string of the molecule is COCCCNC(=O)CN1CCN(c2c([N+](=O)[O-])cc(C(F)(F)F)cc2[N+](=O)[O-])CC1. The molecule has 14 heteroatoms. The molecule has 0 saturated carbocycles. The van der Waals surface area contributed by atoms with Gasteiger partial charge in [0.05, 0.1) is 22.0 Å². The van der Waals surface area contributed by atoms with Crippen LogP contribution in [0.15, 0.2) is 12.1 Å². The minimum Gasteiger partial charge on any atom is -0.385 e. The summed E-state index contributed by atoms with van der Waals surface area (Å²) in [7, 11) is 1.55. The number of nitro benzene ring substituents is 2. The minimum absolute atomic E-state index is 0.0675. The monoisotopic (exact) mass is 449 g/mol. The molecule has 1 aromatic carbocycles. The van der Waals surface area contributed by atoms with Gasteiger partial charge in [-0.05, 0) is 6.42 Å². The molecule has 0 bridgehead atoms. The summed E-state index contributed by atoms with van der Waals surface area (Å²) >= 11 is 0. The van der Waals surface area contributed by atoms with Crippen molar-refractivity contribution >= 4 is 23.0 Å². The number of piperazine rings is 1. The van der Waals surface area contributed by atoms with Gasteiger partial charge >= 0.3 is 6.18 Å². The van der Waals surface area contributed by atoms with Crippen LogP contribution in [-0.2, 0) is 15.7 Å². The molecule has 0 radical (unpaired) electrons. The number of nitrogens with one attached hydrogen (secondary N) is 1. The molecule has 0 aliphatic carbocycles. The summed E-state index contributed by atoms with van der Waals surface area (Å²) in [6.07, 6.45) is -4.32. The summed E-state index contributed by atoms with van der Waals surface area (Å²) in [5, 5.41) is 25.5. The van der Waals surface area contributed by atoms with Gasteiger partial charge in [-0.2, -0.15) is 13.2 Å². The lowest BCUT2D eigenvalue weighted by molar-refractivity contribution is -0.393. The van der Waals surface area contributed by atoms with Crippen LogP contribution in [-0.4, -0.2) is 73.6 Å². The highest BCUT2D eigenvalue weighted by Gasteiger charge is 2.39. The van der Waals surface area contributed by atoms with Gasteiger partial charge in [0.25, 0.3) is 11.4 Å². The van der Waals surface area contributed by atoms with Gasteiger partial charge in [0, 0.05) is 58.6 Å². The number of rotatable bonds is 9.